The van der Waals surface area contributed by atoms with Crippen LogP contribution in [0.25, 0.3) is 0 Å². The minimum absolute atomic E-state index is 0.0214. The second-order valence-corrected chi connectivity index (χ2v) is 4.74. The Hall–Kier alpha value is -2.50. The van der Waals surface area contributed by atoms with Gasteiger partial charge in [-0.3, -0.25) is 10.1 Å². The molecule has 0 fully saturated rings. The van der Waals surface area contributed by atoms with Gasteiger partial charge in [-0.05, 0) is 38.1 Å². The first-order valence-corrected chi connectivity index (χ1v) is 6.35. The van der Waals surface area contributed by atoms with E-state index in [0.29, 0.717) is 11.3 Å². The van der Waals surface area contributed by atoms with E-state index < -0.39 is 22.6 Å². The average molecular weight is 292 g/mol. The summed E-state index contributed by atoms with van der Waals surface area (Å²) in [5.74, 6) is -1.06. The number of halogens is 2. The molecular weight excluding hydrogens is 278 g/mol. The molecule has 2 aromatic rings. The van der Waals surface area contributed by atoms with Crippen molar-refractivity contribution in [1.82, 2.24) is 0 Å². The van der Waals surface area contributed by atoms with Crippen LogP contribution in [0.15, 0.2) is 36.4 Å². The Morgan fingerprint density at radius 1 is 1.24 bits per heavy atom. The Morgan fingerprint density at radius 2 is 1.95 bits per heavy atom. The third kappa shape index (κ3) is 3.16. The second-order valence-electron chi connectivity index (χ2n) is 4.74. The van der Waals surface area contributed by atoms with Crippen LogP contribution < -0.4 is 5.32 Å². The number of nitro benzene ring substituents is 1. The molecule has 0 aliphatic heterocycles. The average Bonchev–Trinajstić information content (AvgIpc) is 2.43. The number of benzene rings is 2. The van der Waals surface area contributed by atoms with Gasteiger partial charge in [0, 0.05) is 22.9 Å². The lowest BCUT2D eigenvalue weighted by Crippen LogP contribution is -2.10. The van der Waals surface area contributed by atoms with E-state index in [1.54, 1.807) is 26.0 Å². The molecule has 1 unspecified atom stereocenters. The van der Waals surface area contributed by atoms with Crippen LogP contribution in [0, 0.1) is 28.7 Å². The maximum atomic E-state index is 13.7. The van der Waals surface area contributed by atoms with Gasteiger partial charge in [0.05, 0.1) is 11.0 Å². The number of nitrogens with one attached hydrogen (secondary N) is 1. The van der Waals surface area contributed by atoms with Gasteiger partial charge in [0.2, 0.25) is 0 Å². The van der Waals surface area contributed by atoms with Crippen LogP contribution >= 0.6 is 0 Å². The highest BCUT2D eigenvalue weighted by molar-refractivity contribution is 5.60. The number of hydrogen-bond donors (Lipinski definition) is 1. The summed E-state index contributed by atoms with van der Waals surface area (Å²) < 4.78 is 26.9. The summed E-state index contributed by atoms with van der Waals surface area (Å²) in [6, 6.07) is 7.29. The molecule has 0 amide bonds. The van der Waals surface area contributed by atoms with Gasteiger partial charge in [-0.15, -0.1) is 0 Å². The normalized spacial score (nSPS) is 12.0. The van der Waals surface area contributed by atoms with Crippen LogP contribution in [0.5, 0.6) is 0 Å². The summed E-state index contributed by atoms with van der Waals surface area (Å²) in [6.07, 6.45) is 0. The van der Waals surface area contributed by atoms with Crippen molar-refractivity contribution >= 4 is 11.4 Å². The lowest BCUT2D eigenvalue weighted by molar-refractivity contribution is -0.385. The van der Waals surface area contributed by atoms with Crippen LogP contribution in [0.2, 0.25) is 0 Å². The fourth-order valence-corrected chi connectivity index (χ4v) is 2.14. The number of hydrogen-bond acceptors (Lipinski definition) is 3. The van der Waals surface area contributed by atoms with E-state index in [-0.39, 0.29) is 11.3 Å². The molecule has 2 aromatic carbocycles. The first-order chi connectivity index (χ1) is 9.90. The Balaban J connectivity index is 2.32. The first kappa shape index (κ1) is 14.9. The van der Waals surface area contributed by atoms with E-state index in [1.165, 1.54) is 6.07 Å². The molecule has 1 atom stereocenters. The number of nitrogens with zero attached hydrogens (tertiary/aromatic N) is 1. The number of rotatable bonds is 4. The van der Waals surface area contributed by atoms with Crippen molar-refractivity contribution in [3.8, 4) is 0 Å². The zero-order valence-electron chi connectivity index (χ0n) is 11.6. The monoisotopic (exact) mass is 292 g/mol. The van der Waals surface area contributed by atoms with E-state index in [2.05, 4.69) is 5.32 Å². The molecule has 0 heterocycles. The highest BCUT2D eigenvalue weighted by Crippen LogP contribution is 2.29. The van der Waals surface area contributed by atoms with E-state index >= 15 is 0 Å². The Kier molecular flexibility index (Phi) is 4.16. The van der Waals surface area contributed by atoms with Crippen LogP contribution in [0.3, 0.4) is 0 Å². The fraction of sp³-hybridized carbons (Fsp3) is 0.200. The van der Waals surface area contributed by atoms with Gasteiger partial charge in [-0.1, -0.05) is 6.07 Å². The van der Waals surface area contributed by atoms with Crippen LogP contribution in [0.4, 0.5) is 20.2 Å². The third-order valence-corrected chi connectivity index (χ3v) is 3.30. The van der Waals surface area contributed by atoms with Crippen LogP contribution in [0.1, 0.15) is 24.1 Å². The molecule has 0 spiro atoms. The fourth-order valence-electron chi connectivity index (χ4n) is 2.14. The van der Waals surface area contributed by atoms with Crippen molar-refractivity contribution in [3.63, 3.8) is 0 Å². The van der Waals surface area contributed by atoms with Crippen LogP contribution in [-0.4, -0.2) is 4.92 Å². The highest BCUT2D eigenvalue weighted by atomic mass is 19.1. The molecule has 0 saturated heterocycles. The Morgan fingerprint density at radius 3 is 2.62 bits per heavy atom. The zero-order chi connectivity index (χ0) is 15.6. The van der Waals surface area contributed by atoms with Crippen molar-refractivity contribution in [2.75, 3.05) is 5.32 Å². The van der Waals surface area contributed by atoms with Gasteiger partial charge < -0.3 is 5.32 Å². The molecule has 21 heavy (non-hydrogen) atoms. The molecule has 0 aliphatic carbocycles. The van der Waals surface area contributed by atoms with Crippen LogP contribution in [-0.2, 0) is 0 Å². The molecule has 2 rings (SSSR count). The SMILES string of the molecule is Cc1c(NC(C)c2cc(F)ccc2F)cccc1[N+](=O)[O-]. The van der Waals surface area contributed by atoms with Crippen molar-refractivity contribution in [2.45, 2.75) is 19.9 Å². The smallest absolute Gasteiger partial charge is 0.274 e. The molecule has 110 valence electrons. The first-order valence-electron chi connectivity index (χ1n) is 6.35. The quantitative estimate of drug-likeness (QED) is 0.673. The van der Waals surface area contributed by atoms with Crippen molar-refractivity contribution < 1.29 is 13.7 Å². The predicted octanol–water partition coefficient (Wildman–Crippen LogP) is 4.35. The largest absolute Gasteiger partial charge is 0.378 e. The number of nitro groups is 1. The molecule has 0 bridgehead atoms. The van der Waals surface area contributed by atoms with E-state index in [0.717, 1.165) is 18.2 Å². The van der Waals surface area contributed by atoms with Gasteiger partial charge >= 0.3 is 0 Å². The molecule has 0 aromatic heterocycles. The lowest BCUT2D eigenvalue weighted by Gasteiger charge is -2.18. The molecule has 1 N–H and O–H groups in total. The summed E-state index contributed by atoms with van der Waals surface area (Å²) in [5, 5.41) is 13.9. The third-order valence-electron chi connectivity index (χ3n) is 3.30. The van der Waals surface area contributed by atoms with Crippen molar-refractivity contribution in [2.24, 2.45) is 0 Å². The minimum Gasteiger partial charge on any atom is -0.378 e. The van der Waals surface area contributed by atoms with Gasteiger partial charge in [0.25, 0.3) is 5.69 Å². The van der Waals surface area contributed by atoms with Gasteiger partial charge in [0.15, 0.2) is 0 Å². The zero-order valence-corrected chi connectivity index (χ0v) is 11.6. The summed E-state index contributed by atoms with van der Waals surface area (Å²) in [4.78, 5) is 10.4. The topological polar surface area (TPSA) is 55.2 Å². The summed E-state index contributed by atoms with van der Waals surface area (Å²) >= 11 is 0. The van der Waals surface area contributed by atoms with E-state index in [4.69, 9.17) is 0 Å². The predicted molar refractivity (Wildman–Crippen MR) is 76.2 cm³/mol. The second kappa shape index (κ2) is 5.87. The molecule has 0 radical (unpaired) electrons. The maximum absolute atomic E-state index is 13.7. The van der Waals surface area contributed by atoms with Crippen molar-refractivity contribution in [1.29, 1.82) is 0 Å². The number of anilines is 1. The van der Waals surface area contributed by atoms with Crippen molar-refractivity contribution in [3.05, 3.63) is 69.3 Å². The molecule has 0 saturated carbocycles. The molecule has 0 aliphatic rings. The van der Waals surface area contributed by atoms with E-state index in [1.807, 2.05) is 0 Å². The summed E-state index contributed by atoms with van der Waals surface area (Å²) in [7, 11) is 0. The standard InChI is InChI=1S/C15H14F2N2O2/c1-9-14(4-3-5-15(9)19(20)21)18-10(2)12-8-11(16)6-7-13(12)17/h3-8,10,18H,1-2H3. The molecule has 6 heteroatoms. The van der Waals surface area contributed by atoms with Gasteiger partial charge in [-0.2, -0.15) is 0 Å². The van der Waals surface area contributed by atoms with Gasteiger partial charge in [-0.25, -0.2) is 8.78 Å². The van der Waals surface area contributed by atoms with Gasteiger partial charge in [0.1, 0.15) is 11.6 Å². The maximum Gasteiger partial charge on any atom is 0.274 e. The summed E-state index contributed by atoms with van der Waals surface area (Å²) in [5.41, 5.74) is 1.11. The lowest BCUT2D eigenvalue weighted by atomic mass is 10.1. The minimum atomic E-state index is -0.532. The Labute approximate surface area is 120 Å². The molecular formula is C15H14F2N2O2. The molecule has 4 nitrogen and oxygen atoms in total. The Bertz CT molecular complexity index is 689. The highest BCUT2D eigenvalue weighted by Gasteiger charge is 2.17. The van der Waals surface area contributed by atoms with E-state index in [9.17, 15) is 18.9 Å². The summed E-state index contributed by atoms with van der Waals surface area (Å²) in [6.45, 7) is 3.27.